The summed E-state index contributed by atoms with van der Waals surface area (Å²) in [7, 11) is 1.97. The van der Waals surface area contributed by atoms with E-state index in [0.29, 0.717) is 5.41 Å². The zero-order chi connectivity index (χ0) is 12.0. The number of hydrogen-bond donors (Lipinski definition) is 1. The van der Waals surface area contributed by atoms with Crippen molar-refractivity contribution in [3.8, 4) is 0 Å². The van der Waals surface area contributed by atoms with E-state index in [1.807, 2.05) is 17.9 Å². The maximum Gasteiger partial charge on any atom is 0.0629 e. The van der Waals surface area contributed by atoms with Gasteiger partial charge < -0.3 is 5.32 Å². The molecule has 0 aliphatic carbocycles. The Balaban J connectivity index is 2.33. The Hall–Kier alpha value is -0.830. The van der Waals surface area contributed by atoms with E-state index >= 15 is 0 Å². The molecule has 0 spiro atoms. The normalized spacial score (nSPS) is 12.0. The van der Waals surface area contributed by atoms with Gasteiger partial charge in [-0.2, -0.15) is 5.10 Å². The fraction of sp³-hybridized carbons (Fsp3) is 0.769. The van der Waals surface area contributed by atoms with Crippen LogP contribution in [0.2, 0.25) is 0 Å². The highest BCUT2D eigenvalue weighted by Gasteiger charge is 2.19. The topological polar surface area (TPSA) is 29.9 Å². The van der Waals surface area contributed by atoms with Crippen LogP contribution in [0, 0.1) is 5.41 Å². The molecule has 92 valence electrons. The molecule has 1 aromatic heterocycles. The summed E-state index contributed by atoms with van der Waals surface area (Å²) in [5.74, 6) is 0. The zero-order valence-electron chi connectivity index (χ0n) is 11.1. The summed E-state index contributed by atoms with van der Waals surface area (Å²) in [5.41, 5.74) is 1.53. The van der Waals surface area contributed by atoms with E-state index in [9.17, 15) is 0 Å². The molecule has 3 heteroatoms. The van der Waals surface area contributed by atoms with Crippen molar-refractivity contribution in [2.75, 3.05) is 13.1 Å². The first-order chi connectivity index (χ1) is 7.53. The second kappa shape index (κ2) is 6.04. The maximum absolute atomic E-state index is 4.44. The smallest absolute Gasteiger partial charge is 0.0629 e. The molecule has 0 aliphatic heterocycles. The molecule has 0 aliphatic rings. The number of rotatable bonds is 7. The largest absolute Gasteiger partial charge is 0.317 e. The predicted molar refractivity (Wildman–Crippen MR) is 68.5 cm³/mol. The lowest BCUT2D eigenvalue weighted by Gasteiger charge is -2.23. The van der Waals surface area contributed by atoms with Crippen LogP contribution < -0.4 is 5.32 Å². The molecule has 1 N–H and O–H groups in total. The Morgan fingerprint density at radius 1 is 1.38 bits per heavy atom. The monoisotopic (exact) mass is 223 g/mol. The van der Waals surface area contributed by atoms with Gasteiger partial charge in [0.25, 0.3) is 0 Å². The zero-order valence-corrected chi connectivity index (χ0v) is 11.1. The van der Waals surface area contributed by atoms with E-state index in [2.05, 4.69) is 37.3 Å². The fourth-order valence-electron chi connectivity index (χ4n) is 1.86. The summed E-state index contributed by atoms with van der Waals surface area (Å²) in [6, 6.07) is 2.11. The van der Waals surface area contributed by atoms with Gasteiger partial charge in [0, 0.05) is 13.2 Å². The van der Waals surface area contributed by atoms with Crippen molar-refractivity contribution >= 4 is 0 Å². The summed E-state index contributed by atoms with van der Waals surface area (Å²) in [4.78, 5) is 0. The fourth-order valence-corrected chi connectivity index (χ4v) is 1.86. The van der Waals surface area contributed by atoms with Gasteiger partial charge in [-0.25, -0.2) is 0 Å². The average Bonchev–Trinajstić information content (AvgIpc) is 2.58. The maximum atomic E-state index is 4.44. The highest BCUT2D eigenvalue weighted by molar-refractivity contribution is 5.01. The summed E-state index contributed by atoms with van der Waals surface area (Å²) in [6.07, 6.45) is 5.48. The molecular weight excluding hydrogens is 198 g/mol. The van der Waals surface area contributed by atoms with Gasteiger partial charge in [-0.15, -0.1) is 0 Å². The van der Waals surface area contributed by atoms with Gasteiger partial charge in [0.15, 0.2) is 0 Å². The summed E-state index contributed by atoms with van der Waals surface area (Å²) >= 11 is 0. The SMILES string of the molecule is CCCNCCC(C)(C)Cc1ccn(C)n1. The molecule has 1 heterocycles. The number of aromatic nitrogens is 2. The molecular formula is C13H25N3. The molecule has 0 fully saturated rings. The summed E-state index contributed by atoms with van der Waals surface area (Å²) < 4.78 is 1.88. The number of aryl methyl sites for hydroxylation is 1. The van der Waals surface area contributed by atoms with Crippen molar-refractivity contribution in [1.29, 1.82) is 0 Å². The van der Waals surface area contributed by atoms with Crippen molar-refractivity contribution in [2.24, 2.45) is 12.5 Å². The van der Waals surface area contributed by atoms with Crippen LogP contribution in [0.1, 0.15) is 39.3 Å². The third kappa shape index (κ3) is 4.79. The van der Waals surface area contributed by atoms with Crippen molar-refractivity contribution in [1.82, 2.24) is 15.1 Å². The molecule has 3 nitrogen and oxygen atoms in total. The second-order valence-corrected chi connectivity index (χ2v) is 5.32. The lowest BCUT2D eigenvalue weighted by molar-refractivity contribution is 0.321. The van der Waals surface area contributed by atoms with Crippen molar-refractivity contribution in [3.63, 3.8) is 0 Å². The Kier molecular flexibility index (Phi) is 5.00. The van der Waals surface area contributed by atoms with Crippen LogP contribution in [0.3, 0.4) is 0 Å². The van der Waals surface area contributed by atoms with Crippen LogP contribution in [-0.4, -0.2) is 22.9 Å². The first-order valence-corrected chi connectivity index (χ1v) is 6.23. The molecule has 1 aromatic rings. The van der Waals surface area contributed by atoms with Crippen LogP contribution in [0.4, 0.5) is 0 Å². The summed E-state index contributed by atoms with van der Waals surface area (Å²) in [6.45, 7) is 9.06. The molecule has 0 bridgehead atoms. The van der Waals surface area contributed by atoms with Gasteiger partial charge in [0.2, 0.25) is 0 Å². The molecule has 16 heavy (non-hydrogen) atoms. The van der Waals surface area contributed by atoms with E-state index in [1.54, 1.807) is 0 Å². The van der Waals surface area contributed by atoms with E-state index < -0.39 is 0 Å². The molecule has 1 rings (SSSR count). The lowest BCUT2D eigenvalue weighted by Crippen LogP contribution is -2.24. The molecule has 0 unspecified atom stereocenters. The molecule has 0 saturated heterocycles. The van der Waals surface area contributed by atoms with Gasteiger partial charge >= 0.3 is 0 Å². The third-order valence-corrected chi connectivity index (χ3v) is 2.83. The Bertz CT molecular complexity index is 302. The first kappa shape index (κ1) is 13.2. The van der Waals surface area contributed by atoms with Crippen LogP contribution in [0.25, 0.3) is 0 Å². The average molecular weight is 223 g/mol. The molecule has 0 amide bonds. The van der Waals surface area contributed by atoms with Crippen molar-refractivity contribution in [2.45, 2.75) is 40.0 Å². The van der Waals surface area contributed by atoms with Gasteiger partial charge in [0.1, 0.15) is 0 Å². The number of nitrogens with one attached hydrogen (secondary N) is 1. The van der Waals surface area contributed by atoms with Crippen molar-refractivity contribution < 1.29 is 0 Å². The molecule has 0 saturated carbocycles. The molecule has 0 radical (unpaired) electrons. The quantitative estimate of drug-likeness (QED) is 0.719. The Morgan fingerprint density at radius 3 is 2.69 bits per heavy atom. The van der Waals surface area contributed by atoms with E-state index in [0.717, 1.165) is 19.5 Å². The number of hydrogen-bond acceptors (Lipinski definition) is 2. The lowest BCUT2D eigenvalue weighted by atomic mass is 9.84. The minimum Gasteiger partial charge on any atom is -0.317 e. The van der Waals surface area contributed by atoms with Crippen LogP contribution in [0.5, 0.6) is 0 Å². The Labute approximate surface area is 99.2 Å². The van der Waals surface area contributed by atoms with E-state index in [-0.39, 0.29) is 0 Å². The number of nitrogens with zero attached hydrogens (tertiary/aromatic N) is 2. The minimum atomic E-state index is 0.328. The Morgan fingerprint density at radius 2 is 2.12 bits per heavy atom. The molecule has 0 aromatic carbocycles. The first-order valence-electron chi connectivity index (χ1n) is 6.23. The van der Waals surface area contributed by atoms with Crippen molar-refractivity contribution in [3.05, 3.63) is 18.0 Å². The van der Waals surface area contributed by atoms with Gasteiger partial charge in [-0.3, -0.25) is 4.68 Å². The standard InChI is InChI=1S/C13H25N3/c1-5-8-14-9-7-13(2,3)11-12-6-10-16(4)15-12/h6,10,14H,5,7-9,11H2,1-4H3. The minimum absolute atomic E-state index is 0.328. The van der Waals surface area contributed by atoms with Gasteiger partial charge in [-0.1, -0.05) is 20.8 Å². The van der Waals surface area contributed by atoms with Gasteiger partial charge in [0.05, 0.1) is 5.69 Å². The van der Waals surface area contributed by atoms with E-state index in [1.165, 1.54) is 18.5 Å². The van der Waals surface area contributed by atoms with Gasteiger partial charge in [-0.05, 0) is 43.8 Å². The highest BCUT2D eigenvalue weighted by atomic mass is 15.2. The second-order valence-electron chi connectivity index (χ2n) is 5.32. The van der Waals surface area contributed by atoms with E-state index in [4.69, 9.17) is 0 Å². The predicted octanol–water partition coefficient (Wildman–Crippen LogP) is 2.38. The molecule has 0 atom stereocenters. The van der Waals surface area contributed by atoms with Crippen LogP contribution in [0.15, 0.2) is 12.3 Å². The highest BCUT2D eigenvalue weighted by Crippen LogP contribution is 2.24. The van der Waals surface area contributed by atoms with Crippen LogP contribution >= 0.6 is 0 Å². The third-order valence-electron chi connectivity index (χ3n) is 2.83. The van der Waals surface area contributed by atoms with Crippen LogP contribution in [-0.2, 0) is 13.5 Å². The summed E-state index contributed by atoms with van der Waals surface area (Å²) in [5, 5.41) is 7.89.